The molecule has 4 atom stereocenters. The molecule has 0 aromatic heterocycles. The highest BCUT2D eigenvalue weighted by molar-refractivity contribution is 9.10. The normalized spacial score (nSPS) is 30.7. The van der Waals surface area contributed by atoms with Crippen LogP contribution in [0.1, 0.15) is 19.8 Å². The van der Waals surface area contributed by atoms with E-state index in [1.807, 2.05) is 6.07 Å². The van der Waals surface area contributed by atoms with Crippen LogP contribution in [0.25, 0.3) is 0 Å². The highest BCUT2D eigenvalue weighted by Gasteiger charge is 2.38. The molecular weight excluding hydrogens is 293 g/mol. The van der Waals surface area contributed by atoms with Crippen molar-refractivity contribution in [1.29, 1.82) is 0 Å². The standard InChI is InChI=1S/C15H17BrFN/c1-9(13-7-10-2-3-11(13)6-10)18-15-5-4-12(16)8-14(15)17/h2-5,8-11,13,18H,6-7H2,1H3. The van der Waals surface area contributed by atoms with Gasteiger partial charge in [0, 0.05) is 10.5 Å². The summed E-state index contributed by atoms with van der Waals surface area (Å²) in [6, 6.07) is 5.51. The molecule has 1 aromatic rings. The minimum Gasteiger partial charge on any atom is -0.380 e. The average Bonchev–Trinajstić information content (AvgIpc) is 2.94. The summed E-state index contributed by atoms with van der Waals surface area (Å²) in [5.74, 6) is 1.91. The summed E-state index contributed by atoms with van der Waals surface area (Å²) in [5.41, 5.74) is 0.609. The van der Waals surface area contributed by atoms with Gasteiger partial charge in [0.2, 0.25) is 0 Å². The monoisotopic (exact) mass is 309 g/mol. The van der Waals surface area contributed by atoms with Gasteiger partial charge in [-0.1, -0.05) is 28.1 Å². The second kappa shape index (κ2) is 4.69. The quantitative estimate of drug-likeness (QED) is 0.805. The van der Waals surface area contributed by atoms with Crippen molar-refractivity contribution < 1.29 is 4.39 Å². The van der Waals surface area contributed by atoms with Crippen LogP contribution in [0.4, 0.5) is 10.1 Å². The molecule has 2 aliphatic rings. The van der Waals surface area contributed by atoms with Crippen molar-refractivity contribution >= 4 is 21.6 Å². The first kappa shape index (κ1) is 12.2. The molecule has 1 N–H and O–H groups in total. The van der Waals surface area contributed by atoms with Crippen LogP contribution in [0, 0.1) is 23.6 Å². The Labute approximate surface area is 116 Å². The largest absolute Gasteiger partial charge is 0.380 e. The first-order chi connectivity index (χ1) is 8.63. The summed E-state index contributed by atoms with van der Waals surface area (Å²) < 4.78 is 14.6. The molecule has 0 saturated heterocycles. The van der Waals surface area contributed by atoms with Crippen molar-refractivity contribution in [2.75, 3.05) is 5.32 Å². The Morgan fingerprint density at radius 1 is 1.33 bits per heavy atom. The molecule has 2 aliphatic carbocycles. The van der Waals surface area contributed by atoms with Crippen molar-refractivity contribution in [3.8, 4) is 0 Å². The smallest absolute Gasteiger partial charge is 0.147 e. The van der Waals surface area contributed by atoms with Gasteiger partial charge < -0.3 is 5.32 Å². The Hall–Kier alpha value is -0.830. The van der Waals surface area contributed by atoms with Crippen molar-refractivity contribution in [3.05, 3.63) is 40.6 Å². The van der Waals surface area contributed by atoms with Gasteiger partial charge in [0.25, 0.3) is 0 Å². The summed E-state index contributed by atoms with van der Waals surface area (Å²) in [5, 5.41) is 3.33. The maximum absolute atomic E-state index is 13.8. The first-order valence-electron chi connectivity index (χ1n) is 6.53. The number of nitrogens with one attached hydrogen (secondary N) is 1. The Bertz CT molecular complexity index is 485. The van der Waals surface area contributed by atoms with Crippen LogP contribution in [0.3, 0.4) is 0 Å². The van der Waals surface area contributed by atoms with Gasteiger partial charge in [0.15, 0.2) is 0 Å². The summed E-state index contributed by atoms with van der Waals surface area (Å²) in [7, 11) is 0. The number of anilines is 1. The summed E-state index contributed by atoms with van der Waals surface area (Å²) in [4.78, 5) is 0. The lowest BCUT2D eigenvalue weighted by Crippen LogP contribution is -2.29. The van der Waals surface area contributed by atoms with Gasteiger partial charge in [-0.3, -0.25) is 0 Å². The first-order valence-corrected chi connectivity index (χ1v) is 7.32. The van der Waals surface area contributed by atoms with E-state index in [1.165, 1.54) is 18.9 Å². The number of rotatable bonds is 3. The number of hydrogen-bond acceptors (Lipinski definition) is 1. The van der Waals surface area contributed by atoms with E-state index in [9.17, 15) is 4.39 Å². The number of hydrogen-bond donors (Lipinski definition) is 1. The average molecular weight is 310 g/mol. The molecule has 0 heterocycles. The van der Waals surface area contributed by atoms with Gasteiger partial charge in [0.05, 0.1) is 5.69 Å². The Morgan fingerprint density at radius 2 is 2.17 bits per heavy atom. The molecule has 2 bridgehead atoms. The molecule has 1 saturated carbocycles. The van der Waals surface area contributed by atoms with Crippen molar-refractivity contribution in [2.24, 2.45) is 17.8 Å². The summed E-state index contributed by atoms with van der Waals surface area (Å²) >= 11 is 3.28. The Kier molecular flexibility index (Phi) is 3.18. The fourth-order valence-electron chi connectivity index (χ4n) is 3.36. The number of benzene rings is 1. The van der Waals surface area contributed by atoms with E-state index < -0.39 is 0 Å². The van der Waals surface area contributed by atoms with Gasteiger partial charge in [0.1, 0.15) is 5.82 Å². The Balaban J connectivity index is 1.71. The summed E-state index contributed by atoms with van der Waals surface area (Å²) in [6.45, 7) is 2.17. The predicted molar refractivity (Wildman–Crippen MR) is 76.0 cm³/mol. The molecular formula is C15H17BrFN. The minimum absolute atomic E-state index is 0.185. The Morgan fingerprint density at radius 3 is 2.78 bits per heavy atom. The molecule has 96 valence electrons. The van der Waals surface area contributed by atoms with Gasteiger partial charge in [-0.05, 0) is 55.7 Å². The molecule has 0 amide bonds. The maximum atomic E-state index is 13.8. The van der Waals surface area contributed by atoms with E-state index in [1.54, 1.807) is 6.07 Å². The highest BCUT2D eigenvalue weighted by Crippen LogP contribution is 2.45. The third-order valence-corrected chi connectivity index (χ3v) is 4.78. The molecule has 0 radical (unpaired) electrons. The van der Waals surface area contributed by atoms with Gasteiger partial charge >= 0.3 is 0 Å². The van der Waals surface area contributed by atoms with Gasteiger partial charge in [-0.2, -0.15) is 0 Å². The van der Waals surface area contributed by atoms with Crippen LogP contribution in [0.5, 0.6) is 0 Å². The van der Waals surface area contributed by atoms with Crippen molar-refractivity contribution in [1.82, 2.24) is 0 Å². The van der Waals surface area contributed by atoms with E-state index in [4.69, 9.17) is 0 Å². The van der Waals surface area contributed by atoms with Crippen LogP contribution in [0.2, 0.25) is 0 Å². The third kappa shape index (κ3) is 2.20. The molecule has 3 rings (SSSR count). The van der Waals surface area contributed by atoms with Crippen LogP contribution in [0.15, 0.2) is 34.8 Å². The van der Waals surface area contributed by atoms with Crippen molar-refractivity contribution in [3.63, 3.8) is 0 Å². The topological polar surface area (TPSA) is 12.0 Å². The second-order valence-electron chi connectivity index (χ2n) is 5.50. The van der Waals surface area contributed by atoms with Crippen LogP contribution in [-0.4, -0.2) is 6.04 Å². The van der Waals surface area contributed by atoms with Crippen molar-refractivity contribution in [2.45, 2.75) is 25.8 Å². The molecule has 0 spiro atoms. The number of fused-ring (bicyclic) bond motifs is 2. The molecule has 1 nitrogen and oxygen atoms in total. The third-order valence-electron chi connectivity index (χ3n) is 4.29. The molecule has 4 unspecified atom stereocenters. The molecule has 1 fully saturated rings. The number of allylic oxidation sites excluding steroid dienone is 2. The minimum atomic E-state index is -0.185. The van der Waals surface area contributed by atoms with Crippen LogP contribution < -0.4 is 5.32 Å². The second-order valence-corrected chi connectivity index (χ2v) is 6.42. The molecule has 0 aliphatic heterocycles. The zero-order valence-electron chi connectivity index (χ0n) is 10.4. The number of halogens is 2. The zero-order chi connectivity index (χ0) is 12.7. The SMILES string of the molecule is CC(Nc1ccc(Br)cc1F)C1CC2C=CC1C2. The zero-order valence-corrected chi connectivity index (χ0v) is 12.0. The van der Waals surface area contributed by atoms with E-state index >= 15 is 0 Å². The predicted octanol–water partition coefficient (Wildman–Crippen LogP) is 4.60. The lowest BCUT2D eigenvalue weighted by atomic mass is 9.87. The highest BCUT2D eigenvalue weighted by atomic mass is 79.9. The fraction of sp³-hybridized carbons (Fsp3) is 0.467. The lowest BCUT2D eigenvalue weighted by Gasteiger charge is -2.27. The molecule has 3 heteroatoms. The van der Waals surface area contributed by atoms with E-state index in [0.29, 0.717) is 23.6 Å². The summed E-state index contributed by atoms with van der Waals surface area (Å²) in [6.07, 6.45) is 7.22. The van der Waals surface area contributed by atoms with Crippen LogP contribution in [-0.2, 0) is 0 Å². The van der Waals surface area contributed by atoms with Crippen LogP contribution >= 0.6 is 15.9 Å². The van der Waals surface area contributed by atoms with E-state index in [2.05, 4.69) is 40.3 Å². The van der Waals surface area contributed by atoms with E-state index in [-0.39, 0.29) is 5.82 Å². The lowest BCUT2D eigenvalue weighted by molar-refractivity contribution is 0.398. The van der Waals surface area contributed by atoms with E-state index in [0.717, 1.165) is 10.4 Å². The van der Waals surface area contributed by atoms with Gasteiger partial charge in [-0.25, -0.2) is 4.39 Å². The fourth-order valence-corrected chi connectivity index (χ4v) is 3.69. The van der Waals surface area contributed by atoms with Gasteiger partial charge in [-0.15, -0.1) is 0 Å². The maximum Gasteiger partial charge on any atom is 0.147 e. The molecule has 18 heavy (non-hydrogen) atoms. The molecule has 1 aromatic carbocycles.